The lowest BCUT2D eigenvalue weighted by atomic mass is 9.79. The molecule has 0 aromatic heterocycles. The van der Waals surface area contributed by atoms with Crippen molar-refractivity contribution in [3.05, 3.63) is 35.9 Å². The number of esters is 1. The van der Waals surface area contributed by atoms with Crippen molar-refractivity contribution in [1.82, 2.24) is 5.32 Å². The molecule has 0 aliphatic heterocycles. The molecule has 1 aromatic carbocycles. The summed E-state index contributed by atoms with van der Waals surface area (Å²) in [6, 6.07) is 9.85. The highest BCUT2D eigenvalue weighted by molar-refractivity contribution is 5.76. The van der Waals surface area contributed by atoms with Crippen LogP contribution < -0.4 is 5.32 Å². The Kier molecular flexibility index (Phi) is 6.16. The number of benzene rings is 1. The van der Waals surface area contributed by atoms with Crippen LogP contribution in [-0.2, 0) is 20.7 Å². The Labute approximate surface area is 137 Å². The van der Waals surface area contributed by atoms with Crippen molar-refractivity contribution in [3.8, 4) is 0 Å². The zero-order chi connectivity index (χ0) is 16.7. The van der Waals surface area contributed by atoms with E-state index in [-0.39, 0.29) is 24.3 Å². The lowest BCUT2D eigenvalue weighted by molar-refractivity contribution is -0.148. The van der Waals surface area contributed by atoms with Gasteiger partial charge in [0.2, 0.25) is 5.91 Å². The number of ether oxygens (including phenoxy) is 1. The van der Waals surface area contributed by atoms with Crippen LogP contribution in [0.25, 0.3) is 0 Å². The molecule has 0 radical (unpaired) electrons. The number of carbonyl (C=O) groups is 2. The second-order valence-corrected chi connectivity index (χ2v) is 6.28. The Morgan fingerprint density at radius 1 is 1.26 bits per heavy atom. The molecule has 0 spiro atoms. The van der Waals surface area contributed by atoms with Gasteiger partial charge in [-0.3, -0.25) is 9.59 Å². The summed E-state index contributed by atoms with van der Waals surface area (Å²) in [6.07, 6.45) is 3.31. The Balaban J connectivity index is 1.71. The molecule has 2 N–H and O–H groups in total. The van der Waals surface area contributed by atoms with Gasteiger partial charge in [-0.25, -0.2) is 0 Å². The third-order valence-electron chi connectivity index (χ3n) is 4.55. The van der Waals surface area contributed by atoms with E-state index in [9.17, 15) is 14.7 Å². The highest BCUT2D eigenvalue weighted by Crippen LogP contribution is 2.32. The van der Waals surface area contributed by atoms with Gasteiger partial charge in [0.15, 0.2) is 0 Å². The van der Waals surface area contributed by atoms with Crippen LogP contribution in [-0.4, -0.2) is 36.2 Å². The molecule has 1 aliphatic carbocycles. The third-order valence-corrected chi connectivity index (χ3v) is 4.55. The summed E-state index contributed by atoms with van der Waals surface area (Å²) >= 11 is 0. The van der Waals surface area contributed by atoms with E-state index < -0.39 is 5.60 Å². The molecular weight excluding hydrogens is 294 g/mol. The number of carbonyl (C=O) groups excluding carboxylic acids is 2. The zero-order valence-corrected chi connectivity index (χ0v) is 13.6. The fourth-order valence-corrected chi connectivity index (χ4v) is 2.99. The van der Waals surface area contributed by atoms with Gasteiger partial charge in [0.25, 0.3) is 0 Å². The largest absolute Gasteiger partial charge is 0.469 e. The highest BCUT2D eigenvalue weighted by Gasteiger charge is 2.36. The molecule has 0 saturated heterocycles. The van der Waals surface area contributed by atoms with Crippen molar-refractivity contribution in [2.24, 2.45) is 5.92 Å². The summed E-state index contributed by atoms with van der Waals surface area (Å²) in [5.74, 6) is -0.398. The Morgan fingerprint density at radius 3 is 2.52 bits per heavy atom. The predicted molar refractivity (Wildman–Crippen MR) is 86.7 cm³/mol. The fraction of sp³-hybridized carbons (Fsp3) is 0.556. The molecule has 0 bridgehead atoms. The van der Waals surface area contributed by atoms with E-state index in [0.717, 1.165) is 5.56 Å². The first-order valence-corrected chi connectivity index (χ1v) is 8.13. The summed E-state index contributed by atoms with van der Waals surface area (Å²) in [5.41, 5.74) is 0.215. The number of hydrogen-bond donors (Lipinski definition) is 2. The van der Waals surface area contributed by atoms with Crippen molar-refractivity contribution in [2.75, 3.05) is 13.7 Å². The average Bonchev–Trinajstić information content (AvgIpc) is 2.59. The van der Waals surface area contributed by atoms with Crippen LogP contribution in [0.15, 0.2) is 30.3 Å². The number of aryl methyl sites for hydroxylation is 1. The standard InChI is InChI=1S/C18H25NO4/c1-23-17(21)15-9-11-18(22,12-10-15)13-19-16(20)8-7-14-5-3-2-4-6-14/h2-6,15,22H,7-13H2,1H3,(H,19,20). The molecule has 0 unspecified atom stereocenters. The van der Waals surface area contributed by atoms with Crippen LogP contribution in [0.1, 0.15) is 37.7 Å². The van der Waals surface area contributed by atoms with Gasteiger partial charge in [0, 0.05) is 13.0 Å². The van der Waals surface area contributed by atoms with E-state index in [0.29, 0.717) is 38.5 Å². The van der Waals surface area contributed by atoms with E-state index in [1.165, 1.54) is 7.11 Å². The number of hydrogen-bond acceptors (Lipinski definition) is 4. The van der Waals surface area contributed by atoms with Crippen LogP contribution in [0.4, 0.5) is 0 Å². The molecule has 0 atom stereocenters. The summed E-state index contributed by atoms with van der Waals surface area (Å²) in [4.78, 5) is 23.4. The third kappa shape index (κ3) is 5.36. The van der Waals surface area contributed by atoms with Gasteiger partial charge in [-0.1, -0.05) is 30.3 Å². The minimum absolute atomic E-state index is 0.0580. The molecule has 0 heterocycles. The molecule has 5 nitrogen and oxygen atoms in total. The van der Waals surface area contributed by atoms with Crippen LogP contribution in [0.5, 0.6) is 0 Å². The highest BCUT2D eigenvalue weighted by atomic mass is 16.5. The SMILES string of the molecule is COC(=O)C1CCC(O)(CNC(=O)CCc2ccccc2)CC1. The van der Waals surface area contributed by atoms with Crippen molar-refractivity contribution < 1.29 is 19.4 Å². The fourth-order valence-electron chi connectivity index (χ4n) is 2.99. The normalized spacial score (nSPS) is 24.0. The van der Waals surface area contributed by atoms with Crippen molar-refractivity contribution in [2.45, 2.75) is 44.1 Å². The molecule has 23 heavy (non-hydrogen) atoms. The van der Waals surface area contributed by atoms with E-state index in [2.05, 4.69) is 5.32 Å². The topological polar surface area (TPSA) is 75.6 Å². The van der Waals surface area contributed by atoms with Gasteiger partial charge in [0.1, 0.15) is 0 Å². The van der Waals surface area contributed by atoms with Crippen LogP contribution >= 0.6 is 0 Å². The molecule has 1 fully saturated rings. The number of amides is 1. The first-order valence-electron chi connectivity index (χ1n) is 8.13. The lowest BCUT2D eigenvalue weighted by Gasteiger charge is -2.35. The van der Waals surface area contributed by atoms with Crippen LogP contribution in [0.3, 0.4) is 0 Å². The number of methoxy groups -OCH3 is 1. The van der Waals surface area contributed by atoms with Gasteiger partial charge < -0.3 is 15.2 Å². The maximum absolute atomic E-state index is 11.9. The smallest absolute Gasteiger partial charge is 0.308 e. The Morgan fingerprint density at radius 2 is 1.91 bits per heavy atom. The average molecular weight is 319 g/mol. The van der Waals surface area contributed by atoms with Crippen LogP contribution in [0.2, 0.25) is 0 Å². The van der Waals surface area contributed by atoms with E-state index in [4.69, 9.17) is 4.74 Å². The van der Waals surface area contributed by atoms with Crippen molar-refractivity contribution in [3.63, 3.8) is 0 Å². The number of nitrogens with one attached hydrogen (secondary N) is 1. The van der Waals surface area contributed by atoms with Crippen LogP contribution in [0, 0.1) is 5.92 Å². The number of aliphatic hydroxyl groups is 1. The van der Waals surface area contributed by atoms with Gasteiger partial charge in [-0.2, -0.15) is 0 Å². The second-order valence-electron chi connectivity index (χ2n) is 6.28. The Hall–Kier alpha value is -1.88. The number of rotatable bonds is 6. The minimum Gasteiger partial charge on any atom is -0.469 e. The van der Waals surface area contributed by atoms with Crippen molar-refractivity contribution in [1.29, 1.82) is 0 Å². The molecule has 1 aliphatic rings. The van der Waals surface area contributed by atoms with Gasteiger partial charge in [-0.15, -0.1) is 0 Å². The van der Waals surface area contributed by atoms with Gasteiger partial charge in [-0.05, 0) is 37.7 Å². The molecule has 5 heteroatoms. The molecule has 126 valence electrons. The van der Waals surface area contributed by atoms with Crippen molar-refractivity contribution >= 4 is 11.9 Å². The molecule has 1 aromatic rings. The summed E-state index contributed by atoms with van der Waals surface area (Å²) in [6.45, 7) is 0.245. The van der Waals surface area contributed by atoms with Gasteiger partial charge >= 0.3 is 5.97 Å². The lowest BCUT2D eigenvalue weighted by Crippen LogP contribution is -2.46. The van der Waals surface area contributed by atoms with E-state index in [1.54, 1.807) is 0 Å². The first-order chi connectivity index (χ1) is 11.0. The van der Waals surface area contributed by atoms with E-state index in [1.807, 2.05) is 30.3 Å². The van der Waals surface area contributed by atoms with Gasteiger partial charge in [0.05, 0.1) is 18.6 Å². The molecular formula is C18H25NO4. The predicted octanol–water partition coefficient (Wildman–Crippen LogP) is 1.83. The second kappa shape index (κ2) is 8.11. The minimum atomic E-state index is -0.910. The maximum atomic E-state index is 11.9. The first kappa shape index (κ1) is 17.5. The Bertz CT molecular complexity index is 521. The van der Waals surface area contributed by atoms with E-state index >= 15 is 0 Å². The molecule has 1 saturated carbocycles. The zero-order valence-electron chi connectivity index (χ0n) is 13.6. The summed E-state index contributed by atoms with van der Waals surface area (Å²) in [7, 11) is 1.39. The summed E-state index contributed by atoms with van der Waals surface area (Å²) < 4.78 is 4.74. The molecule has 2 rings (SSSR count). The summed E-state index contributed by atoms with van der Waals surface area (Å²) in [5, 5.41) is 13.3. The monoisotopic (exact) mass is 319 g/mol. The molecule has 1 amide bonds. The quantitative estimate of drug-likeness (QED) is 0.784. The maximum Gasteiger partial charge on any atom is 0.308 e.